The molecule has 0 N–H and O–H groups in total. The highest BCUT2D eigenvalue weighted by Gasteiger charge is 2.17. The van der Waals surface area contributed by atoms with E-state index in [4.69, 9.17) is 8.60 Å². The number of carbonyl (C=O) groups is 1. The first-order valence-corrected chi connectivity index (χ1v) is 12.8. The second kappa shape index (κ2) is 13.2. The molecule has 6 nitrogen and oxygen atoms in total. The van der Waals surface area contributed by atoms with Crippen molar-refractivity contribution in [1.82, 2.24) is 4.90 Å². The molecular formula is C24H35NO5S. The predicted molar refractivity (Wildman–Crippen MR) is 122 cm³/mol. The maximum atomic E-state index is 12.9. The molecule has 0 saturated carbocycles. The van der Waals surface area contributed by atoms with E-state index in [1.54, 1.807) is 35.4 Å². The molecule has 7 heteroatoms. The summed E-state index contributed by atoms with van der Waals surface area (Å²) in [5, 5.41) is 0. The molecular weight excluding hydrogens is 414 g/mol. The summed E-state index contributed by atoms with van der Waals surface area (Å²) in [5.74, 6) is 0.946. The minimum Gasteiger partial charge on any atom is -0.467 e. The third-order valence-electron chi connectivity index (χ3n) is 5.12. The molecule has 1 aromatic heterocycles. The molecule has 1 heterocycles. The maximum Gasteiger partial charge on any atom is 0.308 e. The molecule has 31 heavy (non-hydrogen) atoms. The van der Waals surface area contributed by atoms with Crippen molar-refractivity contribution in [3.8, 4) is 5.75 Å². The molecule has 0 atom stereocenters. The van der Waals surface area contributed by atoms with Gasteiger partial charge in [-0.05, 0) is 43.2 Å². The van der Waals surface area contributed by atoms with E-state index >= 15 is 0 Å². The molecule has 0 fully saturated rings. The van der Waals surface area contributed by atoms with Gasteiger partial charge in [0.15, 0.2) is 0 Å². The Morgan fingerprint density at radius 1 is 0.968 bits per heavy atom. The maximum absolute atomic E-state index is 12.9. The van der Waals surface area contributed by atoms with E-state index in [0.29, 0.717) is 25.3 Å². The molecule has 1 amide bonds. The van der Waals surface area contributed by atoms with Crippen molar-refractivity contribution in [2.24, 2.45) is 0 Å². The van der Waals surface area contributed by atoms with Gasteiger partial charge in [0.25, 0.3) is 0 Å². The second-order valence-electron chi connectivity index (χ2n) is 7.78. The molecule has 0 unspecified atom stereocenters. The lowest BCUT2D eigenvalue weighted by Gasteiger charge is -2.22. The Balaban J connectivity index is 1.97. The fourth-order valence-electron chi connectivity index (χ4n) is 3.34. The predicted octanol–water partition coefficient (Wildman–Crippen LogP) is 5.68. The highest BCUT2D eigenvalue weighted by Crippen LogP contribution is 2.19. The Labute approximate surface area is 186 Å². The molecule has 2 rings (SSSR count). The van der Waals surface area contributed by atoms with Crippen molar-refractivity contribution < 1.29 is 21.8 Å². The zero-order valence-corrected chi connectivity index (χ0v) is 19.5. The molecule has 0 bridgehead atoms. The minimum atomic E-state index is -3.59. The molecule has 0 aliphatic rings. The van der Waals surface area contributed by atoms with Gasteiger partial charge in [0.1, 0.15) is 11.5 Å². The van der Waals surface area contributed by atoms with Crippen molar-refractivity contribution in [2.75, 3.05) is 5.75 Å². The van der Waals surface area contributed by atoms with Gasteiger partial charge in [0.05, 0.1) is 18.6 Å². The first kappa shape index (κ1) is 25.0. The number of rotatable bonds is 15. The number of benzene rings is 1. The van der Waals surface area contributed by atoms with Gasteiger partial charge in [0.2, 0.25) is 5.91 Å². The number of amides is 1. The lowest BCUT2D eigenvalue weighted by Crippen LogP contribution is -2.29. The fraction of sp³-hybridized carbons (Fsp3) is 0.542. The number of hydrogen-bond donors (Lipinski definition) is 0. The Bertz CT molecular complexity index is 877. The van der Waals surface area contributed by atoms with E-state index in [1.807, 2.05) is 12.1 Å². The summed E-state index contributed by atoms with van der Waals surface area (Å²) in [4.78, 5) is 14.7. The number of unbranched alkanes of at least 4 members (excludes halogenated alkanes) is 6. The van der Waals surface area contributed by atoms with Crippen molar-refractivity contribution in [2.45, 2.75) is 78.3 Å². The molecule has 0 radical (unpaired) electrons. The smallest absolute Gasteiger partial charge is 0.308 e. The molecule has 0 spiro atoms. The van der Waals surface area contributed by atoms with Crippen molar-refractivity contribution in [3.05, 3.63) is 54.0 Å². The largest absolute Gasteiger partial charge is 0.467 e. The van der Waals surface area contributed by atoms with Crippen LogP contribution in [0.25, 0.3) is 0 Å². The van der Waals surface area contributed by atoms with Gasteiger partial charge in [-0.1, -0.05) is 57.6 Å². The zero-order valence-electron chi connectivity index (χ0n) is 18.7. The second-order valence-corrected chi connectivity index (χ2v) is 9.64. The monoisotopic (exact) mass is 449 g/mol. The Morgan fingerprint density at radius 2 is 1.71 bits per heavy atom. The van der Waals surface area contributed by atoms with Gasteiger partial charge in [-0.3, -0.25) is 4.79 Å². The number of nitrogens with zero attached hydrogens (tertiary/aromatic N) is 1. The van der Waals surface area contributed by atoms with Crippen molar-refractivity contribution >= 4 is 16.0 Å². The Hall–Kier alpha value is -2.28. The normalized spacial score (nSPS) is 11.4. The van der Waals surface area contributed by atoms with Crippen LogP contribution in [-0.4, -0.2) is 25.0 Å². The van der Waals surface area contributed by atoms with Crippen LogP contribution in [-0.2, 0) is 28.0 Å². The van der Waals surface area contributed by atoms with Gasteiger partial charge >= 0.3 is 10.1 Å². The fourth-order valence-corrected chi connectivity index (χ4v) is 3.85. The third-order valence-corrected chi connectivity index (χ3v) is 6.28. The number of hydrogen-bond acceptors (Lipinski definition) is 5. The van der Waals surface area contributed by atoms with E-state index < -0.39 is 10.1 Å². The number of carbonyl (C=O) groups excluding carboxylic acids is 1. The highest BCUT2D eigenvalue weighted by molar-refractivity contribution is 7.87. The van der Waals surface area contributed by atoms with Gasteiger partial charge in [-0.2, -0.15) is 8.42 Å². The topological polar surface area (TPSA) is 76.8 Å². The van der Waals surface area contributed by atoms with Crippen LogP contribution in [0.15, 0.2) is 47.1 Å². The average Bonchev–Trinajstić information content (AvgIpc) is 3.25. The SMILES string of the molecule is CCCCCCCCCC(=O)N(Cc1cccc(OS(=O)(=O)CC)c1)Cc1ccco1. The molecule has 1 aromatic carbocycles. The van der Waals surface area contributed by atoms with Gasteiger partial charge in [-0.25, -0.2) is 0 Å². The van der Waals surface area contributed by atoms with E-state index in [1.165, 1.54) is 32.6 Å². The molecule has 0 aliphatic carbocycles. The summed E-state index contributed by atoms with van der Waals surface area (Å²) in [6, 6.07) is 10.5. The van der Waals surface area contributed by atoms with Crippen LogP contribution in [0.4, 0.5) is 0 Å². The van der Waals surface area contributed by atoms with E-state index in [9.17, 15) is 13.2 Å². The average molecular weight is 450 g/mol. The molecule has 172 valence electrons. The zero-order chi connectivity index (χ0) is 22.5. The summed E-state index contributed by atoms with van der Waals surface area (Å²) in [6.07, 6.45) is 10.2. The minimum absolute atomic E-state index is 0.0671. The van der Waals surface area contributed by atoms with Crippen LogP contribution >= 0.6 is 0 Å². The lowest BCUT2D eigenvalue weighted by atomic mass is 10.1. The third kappa shape index (κ3) is 9.59. The van der Waals surface area contributed by atoms with Crippen LogP contribution in [0.2, 0.25) is 0 Å². The standard InChI is InChI=1S/C24H35NO5S/c1-3-5-6-7-8-9-10-16-24(26)25(20-23-15-12-17-29-23)19-21-13-11-14-22(18-21)30-31(27,28)4-2/h11-15,17-18H,3-10,16,19-20H2,1-2H3. The van der Waals surface area contributed by atoms with Crippen LogP contribution in [0.3, 0.4) is 0 Å². The summed E-state index contributed by atoms with van der Waals surface area (Å²) >= 11 is 0. The van der Waals surface area contributed by atoms with Crippen molar-refractivity contribution in [1.29, 1.82) is 0 Å². The Morgan fingerprint density at radius 3 is 2.39 bits per heavy atom. The highest BCUT2D eigenvalue weighted by atomic mass is 32.2. The molecule has 0 aliphatic heterocycles. The van der Waals surface area contributed by atoms with Crippen LogP contribution in [0.1, 0.15) is 76.5 Å². The number of furan rings is 1. The summed E-state index contributed by atoms with van der Waals surface area (Å²) in [5.41, 5.74) is 0.809. The summed E-state index contributed by atoms with van der Waals surface area (Å²) < 4.78 is 34.1. The van der Waals surface area contributed by atoms with Gasteiger partial charge in [0, 0.05) is 13.0 Å². The van der Waals surface area contributed by atoms with Crippen LogP contribution in [0.5, 0.6) is 5.75 Å². The van der Waals surface area contributed by atoms with E-state index in [2.05, 4.69) is 6.92 Å². The summed E-state index contributed by atoms with van der Waals surface area (Å²) in [7, 11) is -3.59. The van der Waals surface area contributed by atoms with E-state index in [0.717, 1.165) is 24.8 Å². The first-order chi connectivity index (χ1) is 14.9. The first-order valence-electron chi connectivity index (χ1n) is 11.2. The Kier molecular flexibility index (Phi) is 10.6. The van der Waals surface area contributed by atoms with Gasteiger partial charge in [-0.15, -0.1) is 0 Å². The lowest BCUT2D eigenvalue weighted by molar-refractivity contribution is -0.132. The quantitative estimate of drug-likeness (QED) is 0.258. The summed E-state index contributed by atoms with van der Waals surface area (Å²) in [6.45, 7) is 4.48. The van der Waals surface area contributed by atoms with Crippen LogP contribution < -0.4 is 4.18 Å². The van der Waals surface area contributed by atoms with E-state index in [-0.39, 0.29) is 17.4 Å². The molecule has 2 aromatic rings. The van der Waals surface area contributed by atoms with Gasteiger partial charge < -0.3 is 13.5 Å². The molecule has 0 saturated heterocycles. The van der Waals surface area contributed by atoms with Crippen molar-refractivity contribution in [3.63, 3.8) is 0 Å². The van der Waals surface area contributed by atoms with Crippen LogP contribution in [0, 0.1) is 0 Å².